The maximum atomic E-state index is 13.2. The van der Waals surface area contributed by atoms with E-state index in [-0.39, 0.29) is 23.6 Å². The van der Waals surface area contributed by atoms with Crippen LogP contribution in [0.1, 0.15) is 22.3 Å². The van der Waals surface area contributed by atoms with Crippen LogP contribution in [0.3, 0.4) is 0 Å². The van der Waals surface area contributed by atoms with Crippen LogP contribution in [0.4, 0.5) is 5.69 Å². The minimum atomic E-state index is -3.81. The minimum Gasteiger partial charge on any atom is -0.486 e. The Kier molecular flexibility index (Phi) is 3.68. The molecule has 0 aliphatic carbocycles. The maximum absolute atomic E-state index is 13.2. The van der Waals surface area contributed by atoms with Gasteiger partial charge in [0.15, 0.2) is 17.3 Å². The van der Waals surface area contributed by atoms with E-state index < -0.39 is 10.0 Å². The molecule has 0 amide bonds. The summed E-state index contributed by atoms with van der Waals surface area (Å²) in [5, 5.41) is 0. The molecular formula is C18H17NO5S. The van der Waals surface area contributed by atoms with Gasteiger partial charge in [0.25, 0.3) is 10.0 Å². The third-order valence-corrected chi connectivity index (χ3v) is 6.23. The molecule has 0 fully saturated rings. The molecule has 2 aromatic carbocycles. The molecular weight excluding hydrogens is 342 g/mol. The van der Waals surface area contributed by atoms with E-state index in [0.717, 1.165) is 5.56 Å². The van der Waals surface area contributed by atoms with Gasteiger partial charge in [-0.15, -0.1) is 0 Å². The number of para-hydroxylation sites is 1. The molecule has 0 unspecified atom stereocenters. The van der Waals surface area contributed by atoms with Crippen LogP contribution >= 0.6 is 0 Å². The van der Waals surface area contributed by atoms with Crippen LogP contribution in [0.15, 0.2) is 41.3 Å². The highest BCUT2D eigenvalue weighted by atomic mass is 32.2. The Morgan fingerprint density at radius 1 is 1.04 bits per heavy atom. The molecule has 0 radical (unpaired) electrons. The molecule has 4 rings (SSSR count). The number of Topliss-reactive ketones (excluding diaryl/α,β-unsaturated/α-hetero) is 1. The molecule has 130 valence electrons. The van der Waals surface area contributed by atoms with E-state index in [0.29, 0.717) is 36.0 Å². The molecule has 0 saturated carbocycles. The summed E-state index contributed by atoms with van der Waals surface area (Å²) < 4.78 is 38.7. The summed E-state index contributed by atoms with van der Waals surface area (Å²) in [7, 11) is -3.81. The van der Waals surface area contributed by atoms with Gasteiger partial charge in [0.05, 0.1) is 10.6 Å². The number of fused-ring (bicyclic) bond motifs is 2. The van der Waals surface area contributed by atoms with E-state index in [1.54, 1.807) is 18.2 Å². The van der Waals surface area contributed by atoms with Crippen LogP contribution in [0, 0.1) is 6.92 Å². The van der Waals surface area contributed by atoms with E-state index >= 15 is 0 Å². The van der Waals surface area contributed by atoms with Crippen LogP contribution in [-0.2, 0) is 10.0 Å². The fourth-order valence-electron chi connectivity index (χ4n) is 3.22. The van der Waals surface area contributed by atoms with E-state index in [2.05, 4.69) is 0 Å². The standard InChI is InChI=1S/C18H17NO5S/c1-12-3-2-4-14-15(20)7-8-19(18(12)14)25(21,22)13-5-6-16-17(11-13)24-10-9-23-16/h2-6,11H,7-10H2,1H3. The average Bonchev–Trinajstić information content (AvgIpc) is 2.62. The number of benzene rings is 2. The number of hydrogen-bond acceptors (Lipinski definition) is 5. The number of nitrogens with zero attached hydrogens (tertiary/aromatic N) is 1. The molecule has 7 heteroatoms. The van der Waals surface area contributed by atoms with Gasteiger partial charge < -0.3 is 9.47 Å². The Balaban J connectivity index is 1.82. The third-order valence-electron chi connectivity index (χ3n) is 4.43. The molecule has 0 bridgehead atoms. The van der Waals surface area contributed by atoms with Crippen molar-refractivity contribution in [1.29, 1.82) is 0 Å². The van der Waals surface area contributed by atoms with Crippen LogP contribution in [0.5, 0.6) is 11.5 Å². The number of hydrogen-bond donors (Lipinski definition) is 0. The second-order valence-electron chi connectivity index (χ2n) is 6.03. The van der Waals surface area contributed by atoms with Crippen LogP contribution in [-0.4, -0.2) is 34.0 Å². The molecule has 0 atom stereocenters. The Hall–Kier alpha value is -2.54. The molecule has 2 aromatic rings. The van der Waals surface area contributed by atoms with Gasteiger partial charge in [0, 0.05) is 24.6 Å². The zero-order chi connectivity index (χ0) is 17.6. The van der Waals surface area contributed by atoms with Crippen molar-refractivity contribution >= 4 is 21.5 Å². The summed E-state index contributed by atoms with van der Waals surface area (Å²) in [4.78, 5) is 12.3. The van der Waals surface area contributed by atoms with Crippen LogP contribution in [0.25, 0.3) is 0 Å². The zero-order valence-electron chi connectivity index (χ0n) is 13.7. The number of ketones is 1. The van der Waals surface area contributed by atoms with Crippen molar-refractivity contribution in [1.82, 2.24) is 0 Å². The summed E-state index contributed by atoms with van der Waals surface area (Å²) in [6, 6.07) is 9.86. The van der Waals surface area contributed by atoms with Gasteiger partial charge in [-0.3, -0.25) is 9.10 Å². The van der Waals surface area contributed by atoms with E-state index in [1.165, 1.54) is 16.4 Å². The molecule has 2 aliphatic rings. The highest BCUT2D eigenvalue weighted by Gasteiger charge is 2.34. The predicted molar refractivity (Wildman–Crippen MR) is 92.1 cm³/mol. The van der Waals surface area contributed by atoms with Gasteiger partial charge >= 0.3 is 0 Å². The van der Waals surface area contributed by atoms with E-state index in [1.807, 2.05) is 13.0 Å². The molecule has 0 spiro atoms. The highest BCUT2D eigenvalue weighted by Crippen LogP contribution is 2.37. The molecule has 2 aliphatic heterocycles. The summed E-state index contributed by atoms with van der Waals surface area (Å²) >= 11 is 0. The van der Waals surface area contributed by atoms with E-state index in [9.17, 15) is 13.2 Å². The molecule has 0 saturated heterocycles. The lowest BCUT2D eigenvalue weighted by molar-refractivity contribution is 0.0982. The van der Waals surface area contributed by atoms with Crippen molar-refractivity contribution in [3.05, 3.63) is 47.5 Å². The molecule has 2 heterocycles. The number of carbonyl (C=O) groups excluding carboxylic acids is 1. The van der Waals surface area contributed by atoms with Gasteiger partial charge in [0.2, 0.25) is 0 Å². The number of sulfonamides is 1. The first kappa shape index (κ1) is 16.0. The Morgan fingerprint density at radius 3 is 2.60 bits per heavy atom. The van der Waals surface area contributed by atoms with E-state index in [4.69, 9.17) is 9.47 Å². The van der Waals surface area contributed by atoms with Gasteiger partial charge in [-0.1, -0.05) is 12.1 Å². The lowest BCUT2D eigenvalue weighted by Gasteiger charge is -2.31. The normalized spacial score (nSPS) is 16.5. The number of ether oxygens (including phenoxy) is 2. The number of anilines is 1. The van der Waals surface area contributed by atoms with Crippen molar-refractivity contribution in [2.75, 3.05) is 24.1 Å². The fraction of sp³-hybridized carbons (Fsp3) is 0.278. The summed E-state index contributed by atoms with van der Waals surface area (Å²) in [5.41, 5.74) is 1.67. The first-order chi connectivity index (χ1) is 12.0. The molecule has 0 aromatic heterocycles. The van der Waals surface area contributed by atoms with Crippen molar-refractivity contribution < 1.29 is 22.7 Å². The van der Waals surface area contributed by atoms with Crippen molar-refractivity contribution in [2.24, 2.45) is 0 Å². The lowest BCUT2D eigenvalue weighted by atomic mass is 9.99. The SMILES string of the molecule is Cc1cccc2c1N(S(=O)(=O)c1ccc3c(c1)OCCO3)CCC2=O. The molecule has 25 heavy (non-hydrogen) atoms. The van der Waals surface area contributed by atoms with Gasteiger partial charge in [-0.25, -0.2) is 8.42 Å². The second-order valence-corrected chi connectivity index (χ2v) is 7.89. The second kappa shape index (κ2) is 5.77. The van der Waals surface area contributed by atoms with Crippen molar-refractivity contribution in [2.45, 2.75) is 18.2 Å². The van der Waals surface area contributed by atoms with Gasteiger partial charge in [0.1, 0.15) is 13.2 Å². The van der Waals surface area contributed by atoms with Crippen molar-refractivity contribution in [3.63, 3.8) is 0 Å². The summed E-state index contributed by atoms with van der Waals surface area (Å²) in [6.45, 7) is 2.77. The predicted octanol–water partition coefficient (Wildman–Crippen LogP) is 2.55. The topological polar surface area (TPSA) is 72.9 Å². The average molecular weight is 359 g/mol. The van der Waals surface area contributed by atoms with Gasteiger partial charge in [-0.05, 0) is 30.7 Å². The molecule has 6 nitrogen and oxygen atoms in total. The summed E-state index contributed by atoms with van der Waals surface area (Å²) in [5.74, 6) is 0.924. The largest absolute Gasteiger partial charge is 0.486 e. The first-order valence-electron chi connectivity index (χ1n) is 8.04. The Bertz CT molecular complexity index is 967. The van der Waals surface area contributed by atoms with Crippen LogP contribution < -0.4 is 13.8 Å². The Morgan fingerprint density at radius 2 is 1.80 bits per heavy atom. The number of rotatable bonds is 2. The zero-order valence-corrected chi connectivity index (χ0v) is 14.5. The molecule has 0 N–H and O–H groups in total. The smallest absolute Gasteiger partial charge is 0.264 e. The fourth-order valence-corrected chi connectivity index (χ4v) is 4.78. The maximum Gasteiger partial charge on any atom is 0.264 e. The quantitative estimate of drug-likeness (QED) is 0.824. The number of carbonyl (C=O) groups is 1. The minimum absolute atomic E-state index is 0.0349. The highest BCUT2D eigenvalue weighted by molar-refractivity contribution is 7.92. The lowest BCUT2D eigenvalue weighted by Crippen LogP contribution is -2.38. The monoisotopic (exact) mass is 359 g/mol. The van der Waals surface area contributed by atoms with Crippen molar-refractivity contribution in [3.8, 4) is 11.5 Å². The van der Waals surface area contributed by atoms with Gasteiger partial charge in [-0.2, -0.15) is 0 Å². The Labute approximate surface area is 146 Å². The number of aryl methyl sites for hydroxylation is 1. The van der Waals surface area contributed by atoms with Crippen LogP contribution in [0.2, 0.25) is 0 Å². The third kappa shape index (κ3) is 2.55. The summed E-state index contributed by atoms with van der Waals surface area (Å²) in [6.07, 6.45) is 0.167. The first-order valence-corrected chi connectivity index (χ1v) is 9.48.